The summed E-state index contributed by atoms with van der Waals surface area (Å²) < 4.78 is 5.48. The molecule has 2 amide bonds. The van der Waals surface area contributed by atoms with E-state index in [9.17, 15) is 4.79 Å². The fourth-order valence-electron chi connectivity index (χ4n) is 3.10. The molecule has 1 aliphatic heterocycles. The summed E-state index contributed by atoms with van der Waals surface area (Å²) in [5.41, 5.74) is 1.27. The lowest BCUT2D eigenvalue weighted by Crippen LogP contribution is -2.50. The first-order valence-corrected chi connectivity index (χ1v) is 8.43. The summed E-state index contributed by atoms with van der Waals surface area (Å²) in [5.74, 6) is 0.680. The number of hydrogen-bond donors (Lipinski definition) is 1. The van der Waals surface area contributed by atoms with Crippen LogP contribution < -0.4 is 5.32 Å². The molecule has 120 valence electrons. The van der Waals surface area contributed by atoms with E-state index in [0.717, 1.165) is 26.0 Å². The van der Waals surface area contributed by atoms with Crippen LogP contribution >= 0.6 is 0 Å². The van der Waals surface area contributed by atoms with Crippen LogP contribution in [0.15, 0.2) is 30.3 Å². The quantitative estimate of drug-likeness (QED) is 0.878. The molecule has 0 spiro atoms. The lowest BCUT2D eigenvalue weighted by molar-refractivity contribution is 0.145. The highest BCUT2D eigenvalue weighted by Crippen LogP contribution is 2.32. The van der Waals surface area contributed by atoms with Crippen molar-refractivity contribution in [3.63, 3.8) is 0 Å². The van der Waals surface area contributed by atoms with Gasteiger partial charge in [-0.15, -0.1) is 0 Å². The monoisotopic (exact) mass is 302 g/mol. The van der Waals surface area contributed by atoms with Crippen LogP contribution in [0.25, 0.3) is 0 Å². The molecule has 1 saturated heterocycles. The number of nitrogens with one attached hydrogen (secondary N) is 1. The summed E-state index contributed by atoms with van der Waals surface area (Å²) in [6.45, 7) is 4.30. The van der Waals surface area contributed by atoms with Crippen molar-refractivity contribution in [2.45, 2.75) is 44.7 Å². The molecule has 1 aliphatic carbocycles. The summed E-state index contributed by atoms with van der Waals surface area (Å²) in [6, 6.07) is 10.9. The Bertz CT molecular complexity index is 481. The Morgan fingerprint density at radius 1 is 1.32 bits per heavy atom. The summed E-state index contributed by atoms with van der Waals surface area (Å²) >= 11 is 0. The van der Waals surface area contributed by atoms with Crippen LogP contribution in [0.4, 0.5) is 4.79 Å². The number of urea groups is 1. The summed E-state index contributed by atoms with van der Waals surface area (Å²) in [6.07, 6.45) is 4.33. The third-order valence-electron chi connectivity index (χ3n) is 4.77. The average molecular weight is 302 g/mol. The van der Waals surface area contributed by atoms with Crippen molar-refractivity contribution in [3.05, 3.63) is 35.9 Å². The molecule has 4 nitrogen and oxygen atoms in total. The summed E-state index contributed by atoms with van der Waals surface area (Å²) in [4.78, 5) is 14.6. The molecule has 1 heterocycles. The van der Waals surface area contributed by atoms with Crippen molar-refractivity contribution in [2.24, 2.45) is 5.92 Å². The Kier molecular flexibility index (Phi) is 4.98. The zero-order valence-corrected chi connectivity index (χ0v) is 13.3. The van der Waals surface area contributed by atoms with Crippen LogP contribution in [0.2, 0.25) is 0 Å². The van der Waals surface area contributed by atoms with E-state index in [1.807, 2.05) is 23.1 Å². The minimum Gasteiger partial charge on any atom is -0.379 e. The second-order valence-corrected chi connectivity index (χ2v) is 6.52. The van der Waals surface area contributed by atoms with E-state index >= 15 is 0 Å². The van der Waals surface area contributed by atoms with E-state index in [2.05, 4.69) is 24.4 Å². The maximum atomic E-state index is 12.7. The van der Waals surface area contributed by atoms with Gasteiger partial charge in [0, 0.05) is 19.2 Å². The molecule has 4 heteroatoms. The number of benzene rings is 1. The maximum absolute atomic E-state index is 12.7. The maximum Gasteiger partial charge on any atom is 0.317 e. The molecule has 0 unspecified atom stereocenters. The fourth-order valence-corrected chi connectivity index (χ4v) is 3.10. The van der Waals surface area contributed by atoms with Crippen molar-refractivity contribution < 1.29 is 9.53 Å². The Balaban J connectivity index is 1.59. The van der Waals surface area contributed by atoms with Gasteiger partial charge < -0.3 is 15.0 Å². The number of ether oxygens (including phenoxy) is 1. The van der Waals surface area contributed by atoms with Gasteiger partial charge in [-0.3, -0.25) is 0 Å². The van der Waals surface area contributed by atoms with Crippen molar-refractivity contribution in [3.8, 4) is 0 Å². The van der Waals surface area contributed by atoms with Gasteiger partial charge in [0.2, 0.25) is 0 Å². The van der Waals surface area contributed by atoms with E-state index in [1.54, 1.807) is 0 Å². The molecule has 0 aromatic heterocycles. The Hall–Kier alpha value is -1.55. The summed E-state index contributed by atoms with van der Waals surface area (Å²) in [7, 11) is 0. The molecule has 1 aromatic carbocycles. The van der Waals surface area contributed by atoms with E-state index in [-0.39, 0.29) is 18.1 Å². The van der Waals surface area contributed by atoms with Gasteiger partial charge in [-0.05, 0) is 44.1 Å². The van der Waals surface area contributed by atoms with Crippen molar-refractivity contribution in [1.29, 1.82) is 0 Å². The predicted molar refractivity (Wildman–Crippen MR) is 86.8 cm³/mol. The standard InChI is InChI=1S/C18H26N2O2/c1-14(16-7-8-16)19-18(21)20(17-10-12-22-13-17)11-9-15-5-3-2-4-6-15/h2-6,14,16-17H,7-13H2,1H3,(H,19,21)/t14-,17-/m0/s1. The largest absolute Gasteiger partial charge is 0.379 e. The van der Waals surface area contributed by atoms with Gasteiger partial charge in [0.05, 0.1) is 12.6 Å². The zero-order chi connectivity index (χ0) is 15.4. The topological polar surface area (TPSA) is 41.6 Å². The van der Waals surface area contributed by atoms with Crippen LogP contribution in [-0.4, -0.2) is 42.8 Å². The first kappa shape index (κ1) is 15.3. The highest BCUT2D eigenvalue weighted by molar-refractivity contribution is 5.75. The van der Waals surface area contributed by atoms with Gasteiger partial charge in [0.25, 0.3) is 0 Å². The van der Waals surface area contributed by atoms with Crippen LogP contribution in [0.5, 0.6) is 0 Å². The molecule has 0 radical (unpaired) electrons. The van der Waals surface area contributed by atoms with Crippen LogP contribution in [0.1, 0.15) is 31.7 Å². The van der Waals surface area contributed by atoms with Crippen molar-refractivity contribution >= 4 is 6.03 Å². The smallest absolute Gasteiger partial charge is 0.317 e. The molecule has 0 bridgehead atoms. The van der Waals surface area contributed by atoms with E-state index in [1.165, 1.54) is 18.4 Å². The Morgan fingerprint density at radius 3 is 2.73 bits per heavy atom. The first-order valence-electron chi connectivity index (χ1n) is 8.43. The van der Waals surface area contributed by atoms with Gasteiger partial charge in [0.15, 0.2) is 0 Å². The van der Waals surface area contributed by atoms with Gasteiger partial charge in [0.1, 0.15) is 0 Å². The molecule has 1 aromatic rings. The number of carbonyl (C=O) groups excluding carboxylic acids is 1. The molecule has 1 saturated carbocycles. The molecular formula is C18H26N2O2. The minimum absolute atomic E-state index is 0.0748. The fraction of sp³-hybridized carbons (Fsp3) is 0.611. The molecule has 2 fully saturated rings. The van der Waals surface area contributed by atoms with Crippen LogP contribution in [0, 0.1) is 5.92 Å². The lowest BCUT2D eigenvalue weighted by atomic mass is 10.1. The van der Waals surface area contributed by atoms with Crippen LogP contribution in [-0.2, 0) is 11.2 Å². The number of nitrogens with zero attached hydrogens (tertiary/aromatic N) is 1. The van der Waals surface area contributed by atoms with Gasteiger partial charge in [-0.25, -0.2) is 4.79 Å². The van der Waals surface area contributed by atoms with Gasteiger partial charge in [-0.1, -0.05) is 30.3 Å². The Labute approximate surface area is 132 Å². The number of carbonyl (C=O) groups is 1. The summed E-state index contributed by atoms with van der Waals surface area (Å²) in [5, 5.41) is 3.19. The predicted octanol–water partition coefficient (Wildman–Crippen LogP) is 2.83. The molecule has 2 aliphatic rings. The second-order valence-electron chi connectivity index (χ2n) is 6.52. The van der Waals surface area contributed by atoms with Crippen molar-refractivity contribution in [2.75, 3.05) is 19.8 Å². The highest BCUT2D eigenvalue weighted by Gasteiger charge is 2.32. The lowest BCUT2D eigenvalue weighted by Gasteiger charge is -2.30. The van der Waals surface area contributed by atoms with Crippen LogP contribution in [0.3, 0.4) is 0 Å². The molecule has 22 heavy (non-hydrogen) atoms. The Morgan fingerprint density at radius 2 is 2.09 bits per heavy atom. The van der Waals surface area contributed by atoms with E-state index < -0.39 is 0 Å². The van der Waals surface area contributed by atoms with E-state index in [4.69, 9.17) is 4.74 Å². The molecule has 1 N–H and O–H groups in total. The first-order chi connectivity index (χ1) is 10.7. The van der Waals surface area contributed by atoms with Crippen molar-refractivity contribution in [1.82, 2.24) is 10.2 Å². The minimum atomic E-state index is 0.0748. The number of hydrogen-bond acceptors (Lipinski definition) is 2. The molecule has 3 rings (SSSR count). The number of rotatable bonds is 6. The zero-order valence-electron chi connectivity index (χ0n) is 13.3. The number of amides is 2. The highest BCUT2D eigenvalue weighted by atomic mass is 16.5. The second kappa shape index (κ2) is 7.14. The third-order valence-corrected chi connectivity index (χ3v) is 4.77. The SMILES string of the molecule is C[C@H](NC(=O)N(CCc1ccccc1)[C@H]1CCOC1)C1CC1. The third kappa shape index (κ3) is 4.01. The van der Waals surface area contributed by atoms with E-state index in [0.29, 0.717) is 12.5 Å². The van der Waals surface area contributed by atoms with Gasteiger partial charge in [-0.2, -0.15) is 0 Å². The molecule has 2 atom stereocenters. The molecular weight excluding hydrogens is 276 g/mol. The van der Waals surface area contributed by atoms with Gasteiger partial charge >= 0.3 is 6.03 Å². The normalized spacial score (nSPS) is 22.3. The average Bonchev–Trinajstić information content (AvgIpc) is 3.25.